The van der Waals surface area contributed by atoms with Gasteiger partial charge in [-0.25, -0.2) is 4.98 Å². The topological polar surface area (TPSA) is 12.9 Å². The zero-order valence-corrected chi connectivity index (χ0v) is 10.1. The molecule has 0 aliphatic heterocycles. The van der Waals surface area contributed by atoms with Crippen LogP contribution < -0.4 is 0 Å². The average Bonchev–Trinajstić information content (AvgIpc) is 2.34. The van der Waals surface area contributed by atoms with Crippen molar-refractivity contribution < 1.29 is 0 Å². The molecule has 12 heavy (non-hydrogen) atoms. The second kappa shape index (κ2) is 4.38. The molecule has 1 heterocycles. The number of aromatic nitrogens is 1. The second-order valence-electron chi connectivity index (χ2n) is 3.30. The van der Waals surface area contributed by atoms with Crippen molar-refractivity contribution in [2.45, 2.75) is 37.9 Å². The fraction of sp³-hybridized carbons (Fsp3) is 0.667. The molecule has 0 fully saturated rings. The lowest BCUT2D eigenvalue weighted by molar-refractivity contribution is 0.852. The maximum Gasteiger partial charge on any atom is 0.0953 e. The first kappa shape index (κ1) is 10.2. The van der Waals surface area contributed by atoms with Crippen molar-refractivity contribution in [1.82, 2.24) is 4.98 Å². The van der Waals surface area contributed by atoms with Gasteiger partial charge in [0.05, 0.1) is 5.01 Å². The predicted octanol–water partition coefficient (Wildman–Crippen LogP) is 3.59. The molecule has 1 unspecified atom stereocenters. The van der Waals surface area contributed by atoms with E-state index in [-0.39, 0.29) is 0 Å². The molecule has 0 spiro atoms. The summed E-state index contributed by atoms with van der Waals surface area (Å²) in [6, 6.07) is 0. The Morgan fingerprint density at radius 1 is 1.50 bits per heavy atom. The maximum absolute atomic E-state index is 4.37. The van der Waals surface area contributed by atoms with E-state index in [1.165, 1.54) is 9.88 Å². The minimum Gasteiger partial charge on any atom is -0.249 e. The van der Waals surface area contributed by atoms with Gasteiger partial charge in [0.2, 0.25) is 0 Å². The number of thiazole rings is 1. The van der Waals surface area contributed by atoms with Gasteiger partial charge >= 0.3 is 0 Å². The molecule has 68 valence electrons. The normalized spacial score (nSPS) is 13.8. The highest BCUT2D eigenvalue weighted by atomic mass is 79.9. The minimum atomic E-state index is 0.554. The van der Waals surface area contributed by atoms with Crippen LogP contribution in [0.15, 0.2) is 6.20 Å². The van der Waals surface area contributed by atoms with Crippen molar-refractivity contribution in [2.24, 2.45) is 0 Å². The van der Waals surface area contributed by atoms with Gasteiger partial charge in [-0.05, 0) is 6.42 Å². The average molecular weight is 248 g/mol. The summed E-state index contributed by atoms with van der Waals surface area (Å²) in [5, 5.41) is 1.25. The van der Waals surface area contributed by atoms with Crippen LogP contribution in [0.2, 0.25) is 0 Å². The highest BCUT2D eigenvalue weighted by Gasteiger charge is 2.06. The number of hydrogen-bond donors (Lipinski definition) is 0. The van der Waals surface area contributed by atoms with E-state index < -0.39 is 0 Å². The fourth-order valence-electron chi connectivity index (χ4n) is 0.961. The standard InChI is InChI=1S/C9H14BrNS/c1-6(2)9-11-5-8(12-9)4-7(3)10/h5-7H,4H2,1-3H3. The SMILES string of the molecule is CC(Br)Cc1cnc(C(C)C)s1. The van der Waals surface area contributed by atoms with Crippen molar-refractivity contribution in [3.8, 4) is 0 Å². The van der Waals surface area contributed by atoms with Crippen LogP contribution in [0.5, 0.6) is 0 Å². The summed E-state index contributed by atoms with van der Waals surface area (Å²) >= 11 is 5.36. The van der Waals surface area contributed by atoms with Gasteiger partial charge in [-0.15, -0.1) is 11.3 Å². The van der Waals surface area contributed by atoms with E-state index in [1.54, 1.807) is 0 Å². The van der Waals surface area contributed by atoms with Gasteiger partial charge < -0.3 is 0 Å². The van der Waals surface area contributed by atoms with Crippen LogP contribution in [0.3, 0.4) is 0 Å². The van der Waals surface area contributed by atoms with Crippen LogP contribution in [0.25, 0.3) is 0 Å². The first-order chi connectivity index (χ1) is 5.59. The molecule has 0 aliphatic rings. The monoisotopic (exact) mass is 247 g/mol. The molecule has 1 aromatic heterocycles. The third-order valence-corrected chi connectivity index (χ3v) is 3.19. The van der Waals surface area contributed by atoms with Crippen molar-refractivity contribution >= 4 is 27.3 Å². The number of alkyl halides is 1. The molecule has 0 amide bonds. The van der Waals surface area contributed by atoms with E-state index >= 15 is 0 Å². The maximum atomic E-state index is 4.37. The fourth-order valence-corrected chi connectivity index (χ4v) is 2.57. The van der Waals surface area contributed by atoms with Gasteiger partial charge in [0.25, 0.3) is 0 Å². The van der Waals surface area contributed by atoms with Crippen LogP contribution >= 0.6 is 27.3 Å². The van der Waals surface area contributed by atoms with E-state index in [0.717, 1.165) is 6.42 Å². The first-order valence-electron chi connectivity index (χ1n) is 4.18. The Balaban J connectivity index is 2.64. The third kappa shape index (κ3) is 2.87. The Bertz CT molecular complexity index is 242. The van der Waals surface area contributed by atoms with Gasteiger partial charge in [-0.2, -0.15) is 0 Å². The summed E-state index contributed by atoms with van der Waals surface area (Å²) in [6.45, 7) is 6.52. The molecule has 0 aliphatic carbocycles. The Kier molecular flexibility index (Phi) is 3.72. The van der Waals surface area contributed by atoms with Gasteiger partial charge in [0.1, 0.15) is 0 Å². The van der Waals surface area contributed by atoms with Crippen LogP contribution in [0.4, 0.5) is 0 Å². The van der Waals surface area contributed by atoms with Crippen molar-refractivity contribution in [3.05, 3.63) is 16.1 Å². The van der Waals surface area contributed by atoms with E-state index in [9.17, 15) is 0 Å². The summed E-state index contributed by atoms with van der Waals surface area (Å²) in [4.78, 5) is 6.30. The Morgan fingerprint density at radius 3 is 2.58 bits per heavy atom. The molecular weight excluding hydrogens is 234 g/mol. The summed E-state index contributed by atoms with van der Waals surface area (Å²) in [7, 11) is 0. The second-order valence-corrected chi connectivity index (χ2v) is 6.01. The molecule has 0 saturated heterocycles. The molecule has 3 heteroatoms. The Morgan fingerprint density at radius 2 is 2.17 bits per heavy atom. The quantitative estimate of drug-likeness (QED) is 0.745. The molecule has 1 nitrogen and oxygen atoms in total. The Labute approximate surface area is 86.3 Å². The first-order valence-corrected chi connectivity index (χ1v) is 5.91. The molecule has 1 atom stereocenters. The lowest BCUT2D eigenvalue weighted by atomic mass is 10.2. The van der Waals surface area contributed by atoms with Crippen LogP contribution in [-0.4, -0.2) is 9.81 Å². The van der Waals surface area contributed by atoms with E-state index in [1.807, 2.05) is 17.5 Å². The van der Waals surface area contributed by atoms with E-state index in [0.29, 0.717) is 10.7 Å². The third-order valence-electron chi connectivity index (χ3n) is 1.55. The van der Waals surface area contributed by atoms with Crippen LogP contribution in [-0.2, 0) is 6.42 Å². The molecule has 1 rings (SSSR count). The van der Waals surface area contributed by atoms with E-state index in [4.69, 9.17) is 0 Å². The molecular formula is C9H14BrNS. The molecule has 0 N–H and O–H groups in total. The van der Waals surface area contributed by atoms with Crippen molar-refractivity contribution in [3.63, 3.8) is 0 Å². The summed E-state index contributed by atoms with van der Waals surface area (Å²) in [5.41, 5.74) is 0. The van der Waals surface area contributed by atoms with Gasteiger partial charge in [-0.3, -0.25) is 0 Å². The summed E-state index contributed by atoms with van der Waals surface area (Å²) in [6.07, 6.45) is 3.09. The van der Waals surface area contributed by atoms with Gasteiger partial charge in [-0.1, -0.05) is 36.7 Å². The zero-order chi connectivity index (χ0) is 9.14. The molecule has 0 bridgehead atoms. The highest BCUT2D eigenvalue weighted by molar-refractivity contribution is 9.09. The number of hydrogen-bond acceptors (Lipinski definition) is 2. The van der Waals surface area contributed by atoms with Gasteiger partial charge in [0, 0.05) is 21.8 Å². The number of nitrogens with zero attached hydrogens (tertiary/aromatic N) is 1. The number of halogens is 1. The van der Waals surface area contributed by atoms with Crippen molar-refractivity contribution in [1.29, 1.82) is 0 Å². The number of rotatable bonds is 3. The van der Waals surface area contributed by atoms with Crippen LogP contribution in [0.1, 0.15) is 36.6 Å². The lowest BCUT2D eigenvalue weighted by Gasteiger charge is -1.98. The van der Waals surface area contributed by atoms with E-state index in [2.05, 4.69) is 41.7 Å². The zero-order valence-electron chi connectivity index (χ0n) is 7.67. The van der Waals surface area contributed by atoms with Crippen molar-refractivity contribution in [2.75, 3.05) is 0 Å². The molecule has 0 radical (unpaired) electrons. The smallest absolute Gasteiger partial charge is 0.0953 e. The molecule has 0 aromatic carbocycles. The highest BCUT2D eigenvalue weighted by Crippen LogP contribution is 2.22. The molecule has 0 saturated carbocycles. The Hall–Kier alpha value is 0.110. The predicted molar refractivity (Wildman–Crippen MR) is 58.3 cm³/mol. The van der Waals surface area contributed by atoms with Gasteiger partial charge in [0.15, 0.2) is 0 Å². The largest absolute Gasteiger partial charge is 0.249 e. The molecule has 1 aromatic rings. The minimum absolute atomic E-state index is 0.554. The summed E-state index contributed by atoms with van der Waals surface area (Å²) in [5.74, 6) is 0.564. The van der Waals surface area contributed by atoms with Crippen LogP contribution in [0, 0.1) is 0 Å². The lowest BCUT2D eigenvalue weighted by Crippen LogP contribution is -1.92. The summed E-state index contributed by atoms with van der Waals surface area (Å²) < 4.78 is 0.